The van der Waals surface area contributed by atoms with Crippen molar-refractivity contribution in [3.05, 3.63) is 0 Å². The number of hydrogen-bond acceptors (Lipinski definition) is 4. The number of ether oxygens (including phenoxy) is 1. The van der Waals surface area contributed by atoms with Crippen LogP contribution in [-0.2, 0) is 9.53 Å². The van der Waals surface area contributed by atoms with Gasteiger partial charge in [-0.25, -0.2) is 0 Å². The smallest absolute Gasteiger partial charge is 0.253 e. The van der Waals surface area contributed by atoms with E-state index < -0.39 is 6.10 Å². The summed E-state index contributed by atoms with van der Waals surface area (Å²) in [7, 11) is 1.47. The number of aliphatic hydroxyl groups is 1. The van der Waals surface area contributed by atoms with E-state index in [1.54, 1.807) is 4.90 Å². The van der Waals surface area contributed by atoms with E-state index >= 15 is 0 Å². The van der Waals surface area contributed by atoms with Crippen LogP contribution in [0.2, 0.25) is 0 Å². The average molecular weight is 202 g/mol. The first-order valence-electron chi connectivity index (χ1n) is 4.88. The van der Waals surface area contributed by atoms with E-state index in [4.69, 9.17) is 15.6 Å². The third kappa shape index (κ3) is 2.23. The molecule has 3 N–H and O–H groups in total. The van der Waals surface area contributed by atoms with Gasteiger partial charge >= 0.3 is 0 Å². The number of amides is 1. The summed E-state index contributed by atoms with van der Waals surface area (Å²) in [5, 5.41) is 9.05. The quantitative estimate of drug-likeness (QED) is 0.609. The molecule has 1 rings (SSSR count). The van der Waals surface area contributed by atoms with Crippen molar-refractivity contribution < 1.29 is 14.6 Å². The number of nitrogens with two attached hydrogens (primary N) is 1. The highest BCUT2D eigenvalue weighted by Gasteiger charge is 2.31. The lowest BCUT2D eigenvalue weighted by Gasteiger charge is -2.26. The molecule has 14 heavy (non-hydrogen) atoms. The molecule has 1 aliphatic rings. The Kier molecular flexibility index (Phi) is 4.31. The van der Waals surface area contributed by atoms with E-state index in [1.165, 1.54) is 7.11 Å². The highest BCUT2D eigenvalue weighted by molar-refractivity contribution is 5.81. The molecule has 1 aliphatic heterocycles. The fourth-order valence-electron chi connectivity index (χ4n) is 1.80. The van der Waals surface area contributed by atoms with Gasteiger partial charge in [0, 0.05) is 20.2 Å². The van der Waals surface area contributed by atoms with Gasteiger partial charge in [0.15, 0.2) is 0 Å². The van der Waals surface area contributed by atoms with E-state index in [0.29, 0.717) is 6.54 Å². The predicted molar refractivity (Wildman–Crippen MR) is 51.7 cm³/mol. The number of aliphatic hydroxyl groups excluding tert-OH is 1. The summed E-state index contributed by atoms with van der Waals surface area (Å²) in [5.74, 6) is -0.105. The SMILES string of the molecule is COC(CN)C(=O)N1CCCC1CO. The van der Waals surface area contributed by atoms with Crippen LogP contribution < -0.4 is 5.73 Å². The van der Waals surface area contributed by atoms with Crippen molar-refractivity contribution in [2.24, 2.45) is 5.73 Å². The molecule has 2 atom stereocenters. The van der Waals surface area contributed by atoms with E-state index in [-0.39, 0.29) is 25.1 Å². The Morgan fingerprint density at radius 2 is 2.50 bits per heavy atom. The topological polar surface area (TPSA) is 75.8 Å². The minimum absolute atomic E-state index is 0.0206. The maximum atomic E-state index is 11.8. The van der Waals surface area contributed by atoms with Gasteiger partial charge in [-0.05, 0) is 12.8 Å². The van der Waals surface area contributed by atoms with Crippen molar-refractivity contribution in [3.63, 3.8) is 0 Å². The summed E-state index contributed by atoms with van der Waals surface area (Å²) in [6.45, 7) is 0.903. The molecule has 82 valence electrons. The lowest BCUT2D eigenvalue weighted by molar-refractivity contribution is -0.142. The lowest BCUT2D eigenvalue weighted by atomic mass is 10.2. The van der Waals surface area contributed by atoms with E-state index in [9.17, 15) is 4.79 Å². The van der Waals surface area contributed by atoms with Crippen molar-refractivity contribution in [1.29, 1.82) is 0 Å². The monoisotopic (exact) mass is 202 g/mol. The maximum Gasteiger partial charge on any atom is 0.253 e. The Balaban J connectivity index is 2.58. The Labute approximate surface area is 83.8 Å². The van der Waals surface area contributed by atoms with Crippen molar-refractivity contribution in [2.75, 3.05) is 26.8 Å². The summed E-state index contributed by atoms with van der Waals surface area (Å²) in [4.78, 5) is 13.5. The van der Waals surface area contributed by atoms with Crippen LogP contribution in [0.15, 0.2) is 0 Å². The van der Waals surface area contributed by atoms with Crippen molar-refractivity contribution in [2.45, 2.75) is 25.0 Å². The number of likely N-dealkylation sites (tertiary alicyclic amines) is 1. The minimum Gasteiger partial charge on any atom is -0.394 e. The van der Waals surface area contributed by atoms with Gasteiger partial charge in [-0.2, -0.15) is 0 Å². The largest absolute Gasteiger partial charge is 0.394 e. The first kappa shape index (κ1) is 11.4. The molecule has 5 nitrogen and oxygen atoms in total. The summed E-state index contributed by atoms with van der Waals surface area (Å²) >= 11 is 0. The molecule has 2 unspecified atom stereocenters. The summed E-state index contributed by atoms with van der Waals surface area (Å²) < 4.78 is 4.97. The number of hydrogen-bond donors (Lipinski definition) is 2. The van der Waals surface area contributed by atoms with Crippen LogP contribution in [0.5, 0.6) is 0 Å². The number of methoxy groups -OCH3 is 1. The Bertz CT molecular complexity index is 194. The molecule has 1 fully saturated rings. The number of rotatable bonds is 4. The van der Waals surface area contributed by atoms with Gasteiger partial charge in [0.05, 0.1) is 12.6 Å². The van der Waals surface area contributed by atoms with E-state index in [2.05, 4.69) is 0 Å². The normalized spacial score (nSPS) is 23.9. The molecule has 5 heteroatoms. The minimum atomic E-state index is -0.567. The zero-order valence-corrected chi connectivity index (χ0v) is 8.48. The first-order chi connectivity index (χ1) is 6.74. The van der Waals surface area contributed by atoms with Crippen LogP contribution in [0.25, 0.3) is 0 Å². The van der Waals surface area contributed by atoms with Gasteiger partial charge in [-0.1, -0.05) is 0 Å². The Hall–Kier alpha value is -0.650. The molecule has 1 saturated heterocycles. The van der Waals surface area contributed by atoms with Crippen LogP contribution in [-0.4, -0.2) is 54.9 Å². The van der Waals surface area contributed by atoms with Crippen molar-refractivity contribution in [1.82, 2.24) is 4.90 Å². The molecular weight excluding hydrogens is 184 g/mol. The van der Waals surface area contributed by atoms with Gasteiger partial charge in [0.25, 0.3) is 5.91 Å². The molecule has 0 spiro atoms. The highest BCUT2D eigenvalue weighted by atomic mass is 16.5. The first-order valence-corrected chi connectivity index (χ1v) is 4.88. The predicted octanol–water partition coefficient (Wildman–Crippen LogP) is -1.06. The lowest BCUT2D eigenvalue weighted by Crippen LogP contribution is -2.46. The molecule has 1 amide bonds. The van der Waals surface area contributed by atoms with Crippen LogP contribution in [0.3, 0.4) is 0 Å². The zero-order chi connectivity index (χ0) is 10.6. The molecule has 0 aromatic heterocycles. The fourth-order valence-corrected chi connectivity index (χ4v) is 1.80. The summed E-state index contributed by atoms with van der Waals surface area (Å²) in [6.07, 6.45) is 1.24. The van der Waals surface area contributed by atoms with Gasteiger partial charge < -0.3 is 20.5 Å². The summed E-state index contributed by atoms with van der Waals surface area (Å²) in [5.41, 5.74) is 5.40. The number of nitrogens with zero attached hydrogens (tertiary/aromatic N) is 1. The number of carbonyl (C=O) groups excluding carboxylic acids is 1. The van der Waals surface area contributed by atoms with Crippen LogP contribution in [0, 0.1) is 0 Å². The van der Waals surface area contributed by atoms with Crippen molar-refractivity contribution >= 4 is 5.91 Å². The third-order valence-electron chi connectivity index (χ3n) is 2.64. The van der Waals surface area contributed by atoms with Crippen LogP contribution >= 0.6 is 0 Å². The van der Waals surface area contributed by atoms with Gasteiger partial charge in [0.1, 0.15) is 6.10 Å². The molecular formula is C9H18N2O3. The zero-order valence-electron chi connectivity index (χ0n) is 8.48. The van der Waals surface area contributed by atoms with E-state index in [1.807, 2.05) is 0 Å². The van der Waals surface area contributed by atoms with Gasteiger partial charge in [0.2, 0.25) is 0 Å². The van der Waals surface area contributed by atoms with Gasteiger partial charge in [-0.15, -0.1) is 0 Å². The molecule has 0 bridgehead atoms. The van der Waals surface area contributed by atoms with Crippen LogP contribution in [0.1, 0.15) is 12.8 Å². The molecule has 1 heterocycles. The second kappa shape index (κ2) is 5.29. The third-order valence-corrected chi connectivity index (χ3v) is 2.64. The second-order valence-electron chi connectivity index (χ2n) is 3.47. The van der Waals surface area contributed by atoms with Crippen LogP contribution in [0.4, 0.5) is 0 Å². The van der Waals surface area contributed by atoms with Crippen molar-refractivity contribution in [3.8, 4) is 0 Å². The molecule has 0 saturated carbocycles. The average Bonchev–Trinajstić information content (AvgIpc) is 2.67. The number of carbonyl (C=O) groups is 1. The maximum absolute atomic E-state index is 11.8. The molecule has 0 aliphatic carbocycles. The fraction of sp³-hybridized carbons (Fsp3) is 0.889. The van der Waals surface area contributed by atoms with Gasteiger partial charge in [-0.3, -0.25) is 4.79 Å². The highest BCUT2D eigenvalue weighted by Crippen LogP contribution is 2.17. The molecule has 0 radical (unpaired) electrons. The summed E-state index contributed by atoms with van der Waals surface area (Å²) in [6, 6.07) is -0.0494. The molecule has 0 aromatic rings. The Morgan fingerprint density at radius 3 is 3.00 bits per heavy atom. The standard InChI is InChI=1S/C9H18N2O3/c1-14-8(5-10)9(13)11-4-2-3-7(11)6-12/h7-8,12H,2-6,10H2,1H3. The Morgan fingerprint density at radius 1 is 1.79 bits per heavy atom. The second-order valence-corrected chi connectivity index (χ2v) is 3.47. The van der Waals surface area contributed by atoms with E-state index in [0.717, 1.165) is 12.8 Å². The molecule has 0 aromatic carbocycles.